The van der Waals surface area contributed by atoms with Crippen molar-refractivity contribution >= 4 is 23.4 Å². The number of carbonyl (C=O) groups excluding carboxylic acids is 2. The highest BCUT2D eigenvalue weighted by Crippen LogP contribution is 2.52. The Balaban J connectivity index is 1.16. The predicted octanol–water partition coefficient (Wildman–Crippen LogP) is 0.284. The average Bonchev–Trinajstić information content (AvgIpc) is 3.16. The van der Waals surface area contributed by atoms with E-state index in [4.69, 9.17) is 0 Å². The van der Waals surface area contributed by atoms with Crippen molar-refractivity contribution in [3.63, 3.8) is 0 Å². The number of fused-ring (bicyclic) bond motifs is 2. The number of rotatable bonds is 3. The van der Waals surface area contributed by atoms with E-state index >= 15 is 0 Å². The van der Waals surface area contributed by atoms with Crippen molar-refractivity contribution in [1.29, 1.82) is 0 Å². The molecule has 1 aliphatic carbocycles. The van der Waals surface area contributed by atoms with Crippen molar-refractivity contribution in [3.8, 4) is 0 Å². The number of hydrogen-bond acceptors (Lipinski definition) is 5. The van der Waals surface area contributed by atoms with E-state index in [0.717, 1.165) is 31.0 Å². The van der Waals surface area contributed by atoms with E-state index in [-0.39, 0.29) is 23.9 Å². The molecule has 3 amide bonds. The molecule has 148 valence electrons. The number of amides is 3. The first-order chi connectivity index (χ1) is 13.5. The Bertz CT molecular complexity index is 914. The van der Waals surface area contributed by atoms with E-state index in [1.54, 1.807) is 31.4 Å². The first-order valence-electron chi connectivity index (χ1n) is 9.82. The number of piperidine rings is 1. The Hall–Kier alpha value is -2.84. The molecule has 0 bridgehead atoms. The van der Waals surface area contributed by atoms with Crippen LogP contribution in [0.4, 0.5) is 10.6 Å². The number of nitrogens with zero attached hydrogens (tertiary/aromatic N) is 6. The molecule has 0 spiro atoms. The predicted molar refractivity (Wildman–Crippen MR) is 103 cm³/mol. The number of carbonyl (C=O) groups is 2. The molecular formula is C19H25N7O2. The molecule has 2 saturated heterocycles. The molecule has 1 N–H and O–H groups in total. The molecule has 0 radical (unpaired) electrons. The molecule has 4 heterocycles. The lowest BCUT2D eigenvalue weighted by Gasteiger charge is -2.24. The molecule has 4 atom stereocenters. The van der Waals surface area contributed by atoms with Crippen LogP contribution in [0.5, 0.6) is 0 Å². The molecule has 2 aromatic heterocycles. The fraction of sp³-hybridized carbons (Fsp3) is 0.579. The molecule has 5 rings (SSSR count). The maximum Gasteiger partial charge on any atom is 0.319 e. The number of nitrogens with one attached hydrogen (secondary N) is 1. The summed E-state index contributed by atoms with van der Waals surface area (Å²) in [4.78, 5) is 39.3. The molecule has 9 heteroatoms. The second kappa shape index (κ2) is 6.35. The van der Waals surface area contributed by atoms with Gasteiger partial charge in [0.1, 0.15) is 0 Å². The van der Waals surface area contributed by atoms with Crippen LogP contribution >= 0.6 is 0 Å². The number of likely N-dealkylation sites (tertiary alicyclic amines) is 1. The zero-order valence-corrected chi connectivity index (χ0v) is 16.2. The van der Waals surface area contributed by atoms with Gasteiger partial charge in [-0.1, -0.05) is 0 Å². The molecule has 0 aromatic carbocycles. The van der Waals surface area contributed by atoms with Gasteiger partial charge in [-0.05, 0) is 18.3 Å². The summed E-state index contributed by atoms with van der Waals surface area (Å²) in [6.07, 6.45) is 8.25. The lowest BCUT2D eigenvalue weighted by atomic mass is 10.2. The van der Waals surface area contributed by atoms with Crippen LogP contribution in [0.2, 0.25) is 0 Å². The third-order valence-corrected chi connectivity index (χ3v) is 6.28. The smallest absolute Gasteiger partial charge is 0.319 e. The van der Waals surface area contributed by atoms with E-state index in [9.17, 15) is 9.59 Å². The minimum atomic E-state index is 0.0402. The Kier molecular flexibility index (Phi) is 3.92. The zero-order chi connectivity index (χ0) is 19.4. The summed E-state index contributed by atoms with van der Waals surface area (Å²) in [5, 5.41) is 3.23. The van der Waals surface area contributed by atoms with E-state index in [2.05, 4.69) is 20.2 Å². The summed E-state index contributed by atoms with van der Waals surface area (Å²) in [7, 11) is 3.53. The number of aromatic nitrogens is 3. The molecule has 1 unspecified atom stereocenters. The van der Waals surface area contributed by atoms with Gasteiger partial charge in [0, 0.05) is 77.0 Å². The highest BCUT2D eigenvalue weighted by atomic mass is 16.2. The van der Waals surface area contributed by atoms with Gasteiger partial charge in [0.25, 0.3) is 0 Å². The summed E-state index contributed by atoms with van der Waals surface area (Å²) in [5.74, 6) is 1.72. The molecule has 9 nitrogen and oxygen atoms in total. The fourth-order valence-electron chi connectivity index (χ4n) is 4.79. The first kappa shape index (κ1) is 17.3. The number of imidazole rings is 1. The van der Waals surface area contributed by atoms with E-state index < -0.39 is 0 Å². The van der Waals surface area contributed by atoms with Crippen molar-refractivity contribution < 1.29 is 9.59 Å². The molecule has 2 aromatic rings. The third-order valence-electron chi connectivity index (χ3n) is 6.28. The van der Waals surface area contributed by atoms with E-state index in [1.165, 1.54) is 0 Å². The van der Waals surface area contributed by atoms with Crippen LogP contribution in [-0.2, 0) is 4.79 Å². The summed E-state index contributed by atoms with van der Waals surface area (Å²) >= 11 is 0. The van der Waals surface area contributed by atoms with Crippen molar-refractivity contribution in [3.05, 3.63) is 24.8 Å². The monoisotopic (exact) mass is 383 g/mol. The van der Waals surface area contributed by atoms with Gasteiger partial charge in [0.2, 0.25) is 5.91 Å². The van der Waals surface area contributed by atoms with E-state index in [1.807, 2.05) is 21.7 Å². The number of hydrogen-bond donors (Lipinski definition) is 1. The topological polar surface area (TPSA) is 86.1 Å². The number of urea groups is 1. The van der Waals surface area contributed by atoms with Crippen LogP contribution in [0, 0.1) is 17.8 Å². The van der Waals surface area contributed by atoms with Gasteiger partial charge in [0.05, 0.1) is 0 Å². The maximum atomic E-state index is 12.7. The van der Waals surface area contributed by atoms with Gasteiger partial charge in [-0.3, -0.25) is 4.79 Å². The molecule has 1 saturated carbocycles. The Morgan fingerprint density at radius 1 is 1.11 bits per heavy atom. The highest BCUT2D eigenvalue weighted by Gasteiger charge is 2.60. The normalized spacial score (nSPS) is 28.5. The van der Waals surface area contributed by atoms with Gasteiger partial charge >= 0.3 is 6.03 Å². The second-order valence-electron chi connectivity index (χ2n) is 8.28. The van der Waals surface area contributed by atoms with Gasteiger partial charge in [-0.15, -0.1) is 0 Å². The van der Waals surface area contributed by atoms with Crippen molar-refractivity contribution in [2.45, 2.75) is 12.5 Å². The molecule has 2 aliphatic heterocycles. The molecule has 28 heavy (non-hydrogen) atoms. The van der Waals surface area contributed by atoms with Gasteiger partial charge in [-0.25, -0.2) is 14.8 Å². The van der Waals surface area contributed by atoms with Crippen molar-refractivity contribution in [2.24, 2.45) is 17.8 Å². The average molecular weight is 383 g/mol. The molecular weight excluding hydrogens is 358 g/mol. The van der Waals surface area contributed by atoms with Gasteiger partial charge < -0.3 is 24.4 Å². The fourth-order valence-corrected chi connectivity index (χ4v) is 4.79. The van der Waals surface area contributed by atoms with Crippen LogP contribution < -0.4 is 10.2 Å². The van der Waals surface area contributed by atoms with Crippen LogP contribution in [0.25, 0.3) is 5.65 Å². The van der Waals surface area contributed by atoms with Crippen LogP contribution in [0.15, 0.2) is 24.8 Å². The van der Waals surface area contributed by atoms with Crippen molar-refractivity contribution in [2.75, 3.05) is 45.2 Å². The Morgan fingerprint density at radius 3 is 2.54 bits per heavy atom. The lowest BCUT2D eigenvalue weighted by Crippen LogP contribution is -2.42. The van der Waals surface area contributed by atoms with Crippen molar-refractivity contribution in [1.82, 2.24) is 29.5 Å². The minimum Gasteiger partial charge on any atom is -0.351 e. The van der Waals surface area contributed by atoms with E-state index in [0.29, 0.717) is 24.9 Å². The van der Waals surface area contributed by atoms with Gasteiger partial charge in [0.15, 0.2) is 11.5 Å². The summed E-state index contributed by atoms with van der Waals surface area (Å²) < 4.78 is 1.96. The molecule has 3 aliphatic rings. The van der Waals surface area contributed by atoms with Crippen LogP contribution in [-0.4, -0.2) is 82.4 Å². The van der Waals surface area contributed by atoms with Crippen LogP contribution in [0.3, 0.4) is 0 Å². The third kappa shape index (κ3) is 2.76. The summed E-state index contributed by atoms with van der Waals surface area (Å²) in [5.41, 5.74) is 0.844. The van der Waals surface area contributed by atoms with Crippen LogP contribution in [0.1, 0.15) is 6.42 Å². The molecule has 3 fully saturated rings. The lowest BCUT2D eigenvalue weighted by molar-refractivity contribution is -0.123. The van der Waals surface area contributed by atoms with Gasteiger partial charge in [-0.2, -0.15) is 0 Å². The minimum absolute atomic E-state index is 0.0402. The number of anilines is 1. The second-order valence-corrected chi connectivity index (χ2v) is 8.28. The largest absolute Gasteiger partial charge is 0.351 e. The highest BCUT2D eigenvalue weighted by molar-refractivity contribution is 5.84. The zero-order valence-electron chi connectivity index (χ0n) is 16.2. The maximum absolute atomic E-state index is 12.7. The SMILES string of the molecule is CN(C)C(=O)N1C[C@@H]2C(C(=O)N[C@H]3CCN(c4nccn5ccnc45)C3)[C@@H]2C1. The Morgan fingerprint density at radius 2 is 1.82 bits per heavy atom. The summed E-state index contributed by atoms with van der Waals surface area (Å²) in [6.45, 7) is 3.00. The first-order valence-corrected chi connectivity index (χ1v) is 9.82. The Labute approximate surface area is 163 Å². The standard InChI is InChI=1S/C19H25N7O2/c1-23(2)19(28)26-10-13-14(11-26)15(13)18(27)22-12-3-6-25(9-12)17-16-20-4-7-24(16)8-5-21-17/h4-5,7-8,12-15H,3,6,9-11H2,1-2H3,(H,22,27)/t12-,13-,14+,15?/m0/s1. The summed E-state index contributed by atoms with van der Waals surface area (Å²) in [6, 6.07) is 0.170. The quantitative estimate of drug-likeness (QED) is 0.823.